The maximum atomic E-state index is 12.9. The lowest BCUT2D eigenvalue weighted by atomic mass is 10.1. The molecule has 0 amide bonds. The van der Waals surface area contributed by atoms with Gasteiger partial charge in [0, 0.05) is 5.56 Å². The van der Waals surface area contributed by atoms with Gasteiger partial charge in [-0.3, -0.25) is 5.43 Å². The van der Waals surface area contributed by atoms with E-state index in [0.717, 1.165) is 6.07 Å². The fourth-order valence-electron chi connectivity index (χ4n) is 1.96. The lowest BCUT2D eigenvalue weighted by molar-refractivity contribution is -0.136. The van der Waals surface area contributed by atoms with Gasteiger partial charge in [0.1, 0.15) is 5.75 Å². The standard InChI is InChI=1S/C16H14F3N3OS/c1-10(11-6-2-5-9-14(11)23)21-22-15(24)20-13-8-4-3-7-12(13)16(17,18)19/h2-9,23H,1H3,(H2,20,22,24)/b21-10+. The SMILES string of the molecule is C/C(=N\NC(=S)Nc1ccccc1C(F)(F)F)c1ccccc1O. The first-order chi connectivity index (χ1) is 11.3. The molecule has 0 saturated heterocycles. The molecule has 24 heavy (non-hydrogen) atoms. The fourth-order valence-corrected chi connectivity index (χ4v) is 2.12. The summed E-state index contributed by atoms with van der Waals surface area (Å²) >= 11 is 4.96. The monoisotopic (exact) mass is 353 g/mol. The highest BCUT2D eigenvalue weighted by Crippen LogP contribution is 2.34. The number of nitrogens with one attached hydrogen (secondary N) is 2. The van der Waals surface area contributed by atoms with E-state index in [2.05, 4.69) is 15.8 Å². The average molecular weight is 353 g/mol. The van der Waals surface area contributed by atoms with E-state index in [1.54, 1.807) is 25.1 Å². The van der Waals surface area contributed by atoms with E-state index in [1.165, 1.54) is 24.3 Å². The molecule has 0 aliphatic heterocycles. The van der Waals surface area contributed by atoms with Crippen LogP contribution in [0, 0.1) is 0 Å². The van der Waals surface area contributed by atoms with Crippen LogP contribution in [-0.2, 0) is 6.18 Å². The van der Waals surface area contributed by atoms with Crippen LogP contribution in [0.25, 0.3) is 0 Å². The second kappa shape index (κ2) is 7.31. The Hall–Kier alpha value is -2.61. The second-order valence-corrected chi connectivity index (χ2v) is 5.23. The Bertz CT molecular complexity index is 775. The molecule has 2 aromatic rings. The number of phenolic OH excluding ortho intramolecular Hbond substituents is 1. The largest absolute Gasteiger partial charge is 0.507 e. The van der Waals surface area contributed by atoms with Crippen LogP contribution in [0.1, 0.15) is 18.1 Å². The number of aromatic hydroxyl groups is 1. The molecule has 126 valence electrons. The molecule has 0 heterocycles. The summed E-state index contributed by atoms with van der Waals surface area (Å²) in [6.07, 6.45) is -4.49. The maximum Gasteiger partial charge on any atom is 0.418 e. The van der Waals surface area contributed by atoms with Gasteiger partial charge >= 0.3 is 6.18 Å². The maximum absolute atomic E-state index is 12.9. The Labute approximate surface area is 142 Å². The normalized spacial score (nSPS) is 11.9. The number of hydrogen-bond donors (Lipinski definition) is 3. The minimum absolute atomic E-state index is 0.0434. The Morgan fingerprint density at radius 3 is 2.38 bits per heavy atom. The molecule has 0 aromatic heterocycles. The van der Waals surface area contributed by atoms with E-state index in [1.807, 2.05) is 0 Å². The van der Waals surface area contributed by atoms with Crippen molar-refractivity contribution < 1.29 is 18.3 Å². The van der Waals surface area contributed by atoms with Crippen molar-refractivity contribution in [2.75, 3.05) is 5.32 Å². The number of halogens is 3. The number of para-hydroxylation sites is 2. The summed E-state index contributed by atoms with van der Waals surface area (Å²) in [5.41, 5.74) is 2.39. The van der Waals surface area contributed by atoms with E-state index in [-0.39, 0.29) is 16.5 Å². The lowest BCUT2D eigenvalue weighted by Gasteiger charge is -2.14. The third kappa shape index (κ3) is 4.45. The van der Waals surface area contributed by atoms with Crippen molar-refractivity contribution in [3.05, 3.63) is 59.7 Å². The third-order valence-corrected chi connectivity index (χ3v) is 3.29. The summed E-state index contributed by atoms with van der Waals surface area (Å²) in [5.74, 6) is 0.0434. The number of hydrogen-bond acceptors (Lipinski definition) is 3. The van der Waals surface area contributed by atoms with Gasteiger partial charge in [-0.2, -0.15) is 18.3 Å². The first kappa shape index (κ1) is 17.7. The molecule has 3 N–H and O–H groups in total. The van der Waals surface area contributed by atoms with Crippen LogP contribution in [0.2, 0.25) is 0 Å². The molecule has 0 bridgehead atoms. The molecule has 0 aliphatic carbocycles. The van der Waals surface area contributed by atoms with E-state index in [9.17, 15) is 18.3 Å². The molecule has 0 radical (unpaired) electrons. The molecule has 2 aromatic carbocycles. The van der Waals surface area contributed by atoms with Crippen LogP contribution >= 0.6 is 12.2 Å². The number of anilines is 1. The van der Waals surface area contributed by atoms with Crippen LogP contribution in [-0.4, -0.2) is 15.9 Å². The van der Waals surface area contributed by atoms with Crippen molar-refractivity contribution in [2.45, 2.75) is 13.1 Å². The van der Waals surface area contributed by atoms with Gasteiger partial charge in [-0.1, -0.05) is 24.3 Å². The Morgan fingerprint density at radius 1 is 1.08 bits per heavy atom. The van der Waals surface area contributed by atoms with Gasteiger partial charge in [0.2, 0.25) is 0 Å². The number of rotatable bonds is 3. The molecule has 0 fully saturated rings. The number of thiocarbonyl (C=S) groups is 1. The van der Waals surface area contributed by atoms with Crippen molar-refractivity contribution in [1.82, 2.24) is 5.43 Å². The van der Waals surface area contributed by atoms with Crippen molar-refractivity contribution in [3.63, 3.8) is 0 Å². The summed E-state index contributed by atoms with van der Waals surface area (Å²) in [6, 6.07) is 11.6. The van der Waals surface area contributed by atoms with Gasteiger partial charge in [0.05, 0.1) is 17.0 Å². The third-order valence-electron chi connectivity index (χ3n) is 3.10. The van der Waals surface area contributed by atoms with Crippen LogP contribution in [0.4, 0.5) is 18.9 Å². The molecule has 2 rings (SSSR count). The zero-order valence-corrected chi connectivity index (χ0v) is 13.4. The summed E-state index contributed by atoms with van der Waals surface area (Å²) < 4.78 is 38.8. The van der Waals surface area contributed by atoms with E-state index >= 15 is 0 Å². The first-order valence-electron chi connectivity index (χ1n) is 6.85. The van der Waals surface area contributed by atoms with Gasteiger partial charge in [-0.15, -0.1) is 0 Å². The molecule has 8 heteroatoms. The van der Waals surface area contributed by atoms with E-state index < -0.39 is 11.7 Å². The summed E-state index contributed by atoms with van der Waals surface area (Å²) in [5, 5.41) is 16.1. The Morgan fingerprint density at radius 2 is 1.71 bits per heavy atom. The van der Waals surface area contributed by atoms with Crippen LogP contribution in [0.15, 0.2) is 53.6 Å². The molecule has 0 atom stereocenters. The molecular weight excluding hydrogens is 339 g/mol. The van der Waals surface area contributed by atoms with Crippen LogP contribution < -0.4 is 10.7 Å². The number of phenols is 1. The molecule has 4 nitrogen and oxygen atoms in total. The van der Waals surface area contributed by atoms with Crippen molar-refractivity contribution in [3.8, 4) is 5.75 Å². The second-order valence-electron chi connectivity index (χ2n) is 4.82. The molecule has 0 aliphatic rings. The van der Waals surface area contributed by atoms with Gasteiger partial charge in [-0.05, 0) is 43.4 Å². The average Bonchev–Trinajstić information content (AvgIpc) is 2.52. The minimum Gasteiger partial charge on any atom is -0.507 e. The topological polar surface area (TPSA) is 56.7 Å². The quantitative estimate of drug-likeness (QED) is 0.441. The molecule has 0 saturated carbocycles. The summed E-state index contributed by atoms with van der Waals surface area (Å²) in [6.45, 7) is 1.63. The van der Waals surface area contributed by atoms with Crippen molar-refractivity contribution in [2.24, 2.45) is 5.10 Å². The van der Waals surface area contributed by atoms with Gasteiger partial charge < -0.3 is 10.4 Å². The minimum atomic E-state index is -4.49. The number of alkyl halides is 3. The molecule has 0 unspecified atom stereocenters. The first-order valence-corrected chi connectivity index (χ1v) is 7.25. The highest BCUT2D eigenvalue weighted by molar-refractivity contribution is 7.80. The smallest absolute Gasteiger partial charge is 0.418 e. The van der Waals surface area contributed by atoms with Gasteiger partial charge in [0.25, 0.3) is 0 Å². The fraction of sp³-hybridized carbons (Fsp3) is 0.125. The van der Waals surface area contributed by atoms with Gasteiger partial charge in [-0.25, -0.2) is 0 Å². The zero-order chi connectivity index (χ0) is 17.7. The lowest BCUT2D eigenvalue weighted by Crippen LogP contribution is -2.26. The summed E-state index contributed by atoms with van der Waals surface area (Å²) in [4.78, 5) is 0. The predicted octanol–water partition coefficient (Wildman–Crippen LogP) is 4.12. The van der Waals surface area contributed by atoms with Gasteiger partial charge in [0.15, 0.2) is 5.11 Å². The number of nitrogens with zero attached hydrogens (tertiary/aromatic N) is 1. The van der Waals surface area contributed by atoms with Crippen molar-refractivity contribution in [1.29, 1.82) is 0 Å². The van der Waals surface area contributed by atoms with Crippen LogP contribution in [0.5, 0.6) is 5.75 Å². The highest BCUT2D eigenvalue weighted by Gasteiger charge is 2.33. The summed E-state index contributed by atoms with van der Waals surface area (Å²) in [7, 11) is 0. The van der Waals surface area contributed by atoms with E-state index in [4.69, 9.17) is 12.2 Å². The molecular formula is C16H14F3N3OS. The Kier molecular flexibility index (Phi) is 5.40. The molecule has 0 spiro atoms. The highest BCUT2D eigenvalue weighted by atomic mass is 32.1. The van der Waals surface area contributed by atoms with Crippen molar-refractivity contribution >= 4 is 28.7 Å². The number of benzene rings is 2. The zero-order valence-electron chi connectivity index (χ0n) is 12.6. The predicted molar refractivity (Wildman–Crippen MR) is 91.1 cm³/mol. The van der Waals surface area contributed by atoms with E-state index in [0.29, 0.717) is 11.3 Å². The van der Waals surface area contributed by atoms with Crippen LogP contribution in [0.3, 0.4) is 0 Å². The number of hydrazone groups is 1. The Balaban J connectivity index is 2.10.